The first-order valence-corrected chi connectivity index (χ1v) is 8.40. The number of amides is 1. The molecule has 24 heavy (non-hydrogen) atoms. The summed E-state index contributed by atoms with van der Waals surface area (Å²) in [4.78, 5) is 12.6. The summed E-state index contributed by atoms with van der Waals surface area (Å²) < 4.78 is 41.7. The Labute approximate surface area is 145 Å². The van der Waals surface area contributed by atoms with Crippen molar-refractivity contribution < 1.29 is 23.1 Å². The van der Waals surface area contributed by atoms with Crippen LogP contribution in [0.4, 0.5) is 13.2 Å². The molecule has 0 saturated heterocycles. The Morgan fingerprint density at radius 2 is 2.17 bits per heavy atom. The Morgan fingerprint density at radius 3 is 2.79 bits per heavy atom. The van der Waals surface area contributed by atoms with Gasteiger partial charge in [0.2, 0.25) is 0 Å². The zero-order valence-corrected chi connectivity index (χ0v) is 14.4. The molecule has 130 valence electrons. The molecule has 3 rings (SSSR count). The molecule has 0 spiro atoms. The van der Waals surface area contributed by atoms with Crippen LogP contribution in [0.1, 0.15) is 36.5 Å². The van der Waals surface area contributed by atoms with Crippen LogP contribution >= 0.6 is 15.9 Å². The highest BCUT2D eigenvalue weighted by Gasteiger charge is 2.68. The number of hydrazone groups is 1. The summed E-state index contributed by atoms with van der Waals surface area (Å²) in [5.41, 5.74) is -3.02. The van der Waals surface area contributed by atoms with Crippen LogP contribution in [0.3, 0.4) is 0 Å². The molecule has 1 N–H and O–H groups in total. The van der Waals surface area contributed by atoms with E-state index < -0.39 is 23.7 Å². The summed E-state index contributed by atoms with van der Waals surface area (Å²) in [6.07, 6.45) is -3.80. The van der Waals surface area contributed by atoms with Crippen LogP contribution in [0.25, 0.3) is 0 Å². The van der Waals surface area contributed by atoms with E-state index in [1.165, 1.54) is 12.1 Å². The van der Waals surface area contributed by atoms with Gasteiger partial charge in [-0.25, -0.2) is 0 Å². The van der Waals surface area contributed by atoms with Gasteiger partial charge >= 0.3 is 6.18 Å². The zero-order valence-electron chi connectivity index (χ0n) is 12.8. The van der Waals surface area contributed by atoms with Gasteiger partial charge in [0, 0.05) is 15.7 Å². The van der Waals surface area contributed by atoms with Crippen molar-refractivity contribution in [1.29, 1.82) is 0 Å². The summed E-state index contributed by atoms with van der Waals surface area (Å²) in [7, 11) is 0. The molecular formula is C16H16BrF3N2O2. The van der Waals surface area contributed by atoms with Gasteiger partial charge < -0.3 is 5.11 Å². The van der Waals surface area contributed by atoms with Crippen LogP contribution in [0.15, 0.2) is 33.8 Å². The van der Waals surface area contributed by atoms with E-state index in [-0.39, 0.29) is 28.6 Å². The van der Waals surface area contributed by atoms with Gasteiger partial charge in [0.05, 0.1) is 5.92 Å². The lowest BCUT2D eigenvalue weighted by Crippen LogP contribution is -2.61. The number of rotatable bonds is 1. The summed E-state index contributed by atoms with van der Waals surface area (Å²) >= 11 is 3.18. The van der Waals surface area contributed by atoms with E-state index in [4.69, 9.17) is 0 Å². The van der Waals surface area contributed by atoms with Crippen LogP contribution in [0.2, 0.25) is 0 Å². The van der Waals surface area contributed by atoms with Crippen LogP contribution < -0.4 is 0 Å². The van der Waals surface area contributed by atoms with E-state index in [0.29, 0.717) is 17.3 Å². The topological polar surface area (TPSA) is 52.9 Å². The summed E-state index contributed by atoms with van der Waals surface area (Å²) in [5.74, 6) is -2.15. The number of halogens is 4. The number of fused-ring (bicyclic) bond motifs is 1. The van der Waals surface area contributed by atoms with Crippen LogP contribution in [-0.2, 0) is 0 Å². The summed E-state index contributed by atoms with van der Waals surface area (Å²) in [5, 5.41) is 14.7. The lowest BCUT2D eigenvalue weighted by atomic mass is 9.76. The molecule has 1 fully saturated rings. The standard InChI is InChI=1S/C16H16BrF3N2O2/c1-9-5-6-13-12(7-9)15(24,16(18,19)20)22(21-13)14(23)10-3-2-4-11(17)8-10/h2-4,8-9,12,24H,5-7H2,1H3/t9-,12+,15-/m1/s1. The van der Waals surface area contributed by atoms with Crippen LogP contribution in [0.5, 0.6) is 0 Å². The molecular weight excluding hydrogens is 389 g/mol. The minimum atomic E-state index is -5.00. The third kappa shape index (κ3) is 2.65. The molecule has 1 aliphatic carbocycles. The van der Waals surface area contributed by atoms with Gasteiger partial charge in [-0.05, 0) is 43.4 Å². The fourth-order valence-electron chi connectivity index (χ4n) is 3.36. The number of carbonyl (C=O) groups is 1. The fraction of sp³-hybridized carbons (Fsp3) is 0.500. The predicted octanol–water partition coefficient (Wildman–Crippen LogP) is 3.95. The van der Waals surface area contributed by atoms with Gasteiger partial charge in [-0.1, -0.05) is 28.9 Å². The fourth-order valence-corrected chi connectivity index (χ4v) is 3.75. The number of nitrogens with zero attached hydrogens (tertiary/aromatic N) is 2. The Kier molecular flexibility index (Phi) is 4.24. The lowest BCUT2D eigenvalue weighted by molar-refractivity contribution is -0.313. The minimum absolute atomic E-state index is 0.0306. The summed E-state index contributed by atoms with van der Waals surface area (Å²) in [6.45, 7) is 1.84. The van der Waals surface area contributed by atoms with E-state index in [1.54, 1.807) is 12.1 Å². The first kappa shape index (κ1) is 17.4. The van der Waals surface area contributed by atoms with Crippen molar-refractivity contribution in [1.82, 2.24) is 5.01 Å². The summed E-state index contributed by atoms with van der Waals surface area (Å²) in [6, 6.07) is 6.00. The highest BCUT2D eigenvalue weighted by Crippen LogP contribution is 2.49. The SMILES string of the molecule is C[C@@H]1CCC2=NN(C(=O)c3cccc(Br)c3)[C@](O)(C(F)(F)F)[C@H]2C1. The highest BCUT2D eigenvalue weighted by molar-refractivity contribution is 9.10. The smallest absolute Gasteiger partial charge is 0.362 e. The van der Waals surface area contributed by atoms with Crippen molar-refractivity contribution >= 4 is 27.5 Å². The monoisotopic (exact) mass is 404 g/mol. The third-order valence-electron chi connectivity index (χ3n) is 4.65. The molecule has 1 aliphatic heterocycles. The molecule has 0 radical (unpaired) electrons. The Hall–Kier alpha value is -1.41. The molecule has 0 bridgehead atoms. The maximum Gasteiger partial charge on any atom is 0.439 e. The molecule has 1 aromatic carbocycles. The van der Waals surface area contributed by atoms with Crippen molar-refractivity contribution in [2.75, 3.05) is 0 Å². The number of hydrogen-bond donors (Lipinski definition) is 1. The van der Waals surface area contributed by atoms with Gasteiger partial charge in [-0.2, -0.15) is 23.3 Å². The van der Waals surface area contributed by atoms with Gasteiger partial charge in [-0.15, -0.1) is 0 Å². The van der Waals surface area contributed by atoms with Gasteiger partial charge in [0.25, 0.3) is 11.6 Å². The highest BCUT2D eigenvalue weighted by atomic mass is 79.9. The van der Waals surface area contributed by atoms with E-state index in [9.17, 15) is 23.1 Å². The Morgan fingerprint density at radius 1 is 1.46 bits per heavy atom. The lowest BCUT2D eigenvalue weighted by Gasteiger charge is -2.39. The zero-order chi connectivity index (χ0) is 17.7. The van der Waals surface area contributed by atoms with E-state index in [1.807, 2.05) is 6.92 Å². The second-order valence-corrected chi connectivity index (χ2v) is 7.29. The van der Waals surface area contributed by atoms with Crippen molar-refractivity contribution in [3.05, 3.63) is 34.3 Å². The number of hydrogen-bond acceptors (Lipinski definition) is 3. The van der Waals surface area contributed by atoms with Crippen molar-refractivity contribution in [3.8, 4) is 0 Å². The molecule has 2 aliphatic rings. The van der Waals surface area contributed by atoms with Gasteiger partial charge in [-0.3, -0.25) is 4.79 Å². The van der Waals surface area contributed by atoms with Gasteiger partial charge in [0.15, 0.2) is 0 Å². The van der Waals surface area contributed by atoms with Crippen molar-refractivity contribution in [2.24, 2.45) is 16.9 Å². The molecule has 1 saturated carbocycles. The first-order chi connectivity index (χ1) is 11.1. The first-order valence-electron chi connectivity index (χ1n) is 7.61. The number of benzene rings is 1. The quantitative estimate of drug-likeness (QED) is 0.770. The molecule has 1 amide bonds. The molecule has 3 atom stereocenters. The molecule has 8 heteroatoms. The van der Waals surface area contributed by atoms with E-state index >= 15 is 0 Å². The maximum atomic E-state index is 13.7. The van der Waals surface area contributed by atoms with Crippen molar-refractivity contribution in [2.45, 2.75) is 38.1 Å². The average molecular weight is 405 g/mol. The van der Waals surface area contributed by atoms with Crippen LogP contribution in [-0.4, -0.2) is 33.6 Å². The van der Waals surface area contributed by atoms with E-state index in [2.05, 4.69) is 21.0 Å². The largest absolute Gasteiger partial charge is 0.439 e. The molecule has 1 heterocycles. The van der Waals surface area contributed by atoms with Gasteiger partial charge in [0.1, 0.15) is 0 Å². The second-order valence-electron chi connectivity index (χ2n) is 6.37. The minimum Gasteiger partial charge on any atom is -0.362 e. The Bertz CT molecular complexity index is 707. The maximum absolute atomic E-state index is 13.7. The number of aliphatic hydroxyl groups is 1. The molecule has 0 aromatic heterocycles. The predicted molar refractivity (Wildman–Crippen MR) is 85.3 cm³/mol. The number of carbonyl (C=O) groups excluding carboxylic acids is 1. The molecule has 1 aromatic rings. The van der Waals surface area contributed by atoms with E-state index in [0.717, 1.165) is 0 Å². The van der Waals surface area contributed by atoms with Crippen molar-refractivity contribution in [3.63, 3.8) is 0 Å². The number of alkyl halides is 3. The average Bonchev–Trinajstić information content (AvgIpc) is 2.80. The molecule has 0 unspecified atom stereocenters. The Balaban J connectivity index is 2.05. The second kappa shape index (κ2) is 5.84. The van der Waals surface area contributed by atoms with Crippen LogP contribution in [0, 0.1) is 11.8 Å². The normalized spacial score (nSPS) is 30.1. The third-order valence-corrected chi connectivity index (χ3v) is 5.15. The molecule has 4 nitrogen and oxygen atoms in total.